The van der Waals surface area contributed by atoms with Crippen LogP contribution < -0.4 is 5.32 Å². The number of amides is 1. The molecule has 3 rings (SSSR count). The highest BCUT2D eigenvalue weighted by atomic mass is 79.9. The van der Waals surface area contributed by atoms with Crippen LogP contribution in [-0.2, 0) is 4.79 Å². The molecule has 5 nitrogen and oxygen atoms in total. The molecule has 3 aromatic rings. The Morgan fingerprint density at radius 1 is 1.21 bits per heavy atom. The van der Waals surface area contributed by atoms with Crippen LogP contribution in [0.4, 0.5) is 5.82 Å². The second-order valence-electron chi connectivity index (χ2n) is 5.84. The van der Waals surface area contributed by atoms with E-state index in [2.05, 4.69) is 39.3 Å². The smallest absolute Gasteiger partial charge is 0.226 e. The van der Waals surface area contributed by atoms with E-state index >= 15 is 0 Å². The van der Waals surface area contributed by atoms with Crippen LogP contribution in [0, 0.1) is 20.8 Å². The van der Waals surface area contributed by atoms with Gasteiger partial charge < -0.3 is 5.32 Å². The molecule has 0 aliphatic rings. The van der Waals surface area contributed by atoms with Crippen molar-refractivity contribution in [1.29, 1.82) is 0 Å². The molecule has 0 saturated carbocycles. The Morgan fingerprint density at radius 2 is 2.00 bits per heavy atom. The normalized spacial score (nSPS) is 11.0. The second-order valence-corrected chi connectivity index (χ2v) is 6.63. The molecule has 0 saturated heterocycles. The van der Waals surface area contributed by atoms with Crippen LogP contribution in [-0.4, -0.2) is 26.0 Å². The number of pyridine rings is 1. The molecule has 0 bridgehead atoms. The van der Waals surface area contributed by atoms with E-state index in [9.17, 15) is 4.79 Å². The molecule has 2 heterocycles. The van der Waals surface area contributed by atoms with Gasteiger partial charge in [-0.3, -0.25) is 4.79 Å². The van der Waals surface area contributed by atoms with Gasteiger partial charge in [-0.15, -0.1) is 0 Å². The number of nitrogens with one attached hydrogen (secondary N) is 1. The SMILES string of the molecule is Cc1cc(NC(=O)CCBr)n(-c2cc(C)c3cccc(C)c3n2)n1. The molecule has 6 heteroatoms. The lowest BCUT2D eigenvalue weighted by Gasteiger charge is -2.11. The minimum Gasteiger partial charge on any atom is -0.311 e. The zero-order valence-corrected chi connectivity index (χ0v) is 15.5. The largest absolute Gasteiger partial charge is 0.311 e. The van der Waals surface area contributed by atoms with Gasteiger partial charge >= 0.3 is 0 Å². The van der Waals surface area contributed by atoms with Gasteiger partial charge in [0.25, 0.3) is 0 Å². The Hall–Kier alpha value is -2.21. The summed E-state index contributed by atoms with van der Waals surface area (Å²) in [6.07, 6.45) is 0.410. The summed E-state index contributed by atoms with van der Waals surface area (Å²) in [7, 11) is 0. The van der Waals surface area contributed by atoms with Crippen LogP contribution in [0.1, 0.15) is 23.2 Å². The van der Waals surface area contributed by atoms with Crippen molar-refractivity contribution in [3.63, 3.8) is 0 Å². The average molecular weight is 387 g/mol. The van der Waals surface area contributed by atoms with Gasteiger partial charge in [-0.05, 0) is 38.0 Å². The molecular weight excluding hydrogens is 368 g/mol. The number of hydrogen-bond acceptors (Lipinski definition) is 3. The van der Waals surface area contributed by atoms with Gasteiger partial charge in [0.05, 0.1) is 11.2 Å². The molecule has 2 aromatic heterocycles. The minimum atomic E-state index is -0.0540. The molecular formula is C18H19BrN4O. The maximum absolute atomic E-state index is 11.9. The summed E-state index contributed by atoms with van der Waals surface area (Å²) in [6, 6.07) is 10.0. The van der Waals surface area contributed by atoms with Gasteiger partial charge in [0.1, 0.15) is 5.82 Å². The van der Waals surface area contributed by atoms with E-state index in [0.29, 0.717) is 23.4 Å². The van der Waals surface area contributed by atoms with E-state index in [0.717, 1.165) is 27.7 Å². The third-order valence-electron chi connectivity index (χ3n) is 3.87. The highest BCUT2D eigenvalue weighted by Gasteiger charge is 2.13. The number of carbonyl (C=O) groups is 1. The van der Waals surface area contributed by atoms with Gasteiger partial charge in [-0.25, -0.2) is 4.98 Å². The fourth-order valence-electron chi connectivity index (χ4n) is 2.71. The van der Waals surface area contributed by atoms with E-state index in [1.165, 1.54) is 0 Å². The number of aryl methyl sites for hydroxylation is 3. The van der Waals surface area contributed by atoms with E-state index < -0.39 is 0 Å². The third kappa shape index (κ3) is 3.19. The molecule has 0 spiro atoms. The van der Waals surface area contributed by atoms with Crippen molar-refractivity contribution in [2.24, 2.45) is 0 Å². The standard InChI is InChI=1S/C18H19BrN4O/c1-11-5-4-6-14-12(2)9-15(21-18(11)14)23-16(10-13(3)22-23)20-17(24)7-8-19/h4-6,9-10H,7-8H2,1-3H3,(H,20,24). The van der Waals surface area contributed by atoms with Crippen LogP contribution in [0.5, 0.6) is 0 Å². The molecule has 1 amide bonds. The monoisotopic (exact) mass is 386 g/mol. The first-order valence-corrected chi connectivity index (χ1v) is 8.91. The van der Waals surface area contributed by atoms with Crippen LogP contribution in [0.25, 0.3) is 16.7 Å². The topological polar surface area (TPSA) is 59.8 Å². The van der Waals surface area contributed by atoms with Gasteiger partial charge in [0.15, 0.2) is 5.82 Å². The summed E-state index contributed by atoms with van der Waals surface area (Å²) in [5.41, 5.74) is 4.03. The predicted molar refractivity (Wildman–Crippen MR) is 100 cm³/mol. The van der Waals surface area contributed by atoms with Crippen molar-refractivity contribution >= 4 is 38.6 Å². The number of benzene rings is 1. The molecule has 0 atom stereocenters. The molecule has 0 unspecified atom stereocenters. The summed E-state index contributed by atoms with van der Waals surface area (Å²) in [5.74, 6) is 1.29. The number of carbonyl (C=O) groups excluding carboxylic acids is 1. The van der Waals surface area contributed by atoms with E-state index in [-0.39, 0.29) is 5.91 Å². The van der Waals surface area contributed by atoms with Crippen LogP contribution in [0.3, 0.4) is 0 Å². The molecule has 24 heavy (non-hydrogen) atoms. The molecule has 0 radical (unpaired) electrons. The molecule has 1 N–H and O–H groups in total. The molecule has 1 aromatic carbocycles. The Labute approximate surface area is 149 Å². The van der Waals surface area contributed by atoms with Crippen molar-refractivity contribution in [3.8, 4) is 5.82 Å². The first-order valence-electron chi connectivity index (χ1n) is 7.79. The number of halogens is 1. The Bertz CT molecular complexity index is 917. The van der Waals surface area contributed by atoms with Gasteiger partial charge in [0, 0.05) is 23.2 Å². The number of hydrogen-bond donors (Lipinski definition) is 1. The molecule has 124 valence electrons. The molecule has 0 aliphatic heterocycles. The fourth-order valence-corrected chi connectivity index (χ4v) is 3.07. The zero-order chi connectivity index (χ0) is 17.3. The minimum absolute atomic E-state index is 0.0540. The summed E-state index contributed by atoms with van der Waals surface area (Å²) in [4.78, 5) is 16.7. The number of anilines is 1. The lowest BCUT2D eigenvalue weighted by Crippen LogP contribution is -2.15. The van der Waals surface area contributed by atoms with Gasteiger partial charge in [-0.1, -0.05) is 34.1 Å². The summed E-state index contributed by atoms with van der Waals surface area (Å²) in [6.45, 7) is 6.01. The van der Waals surface area contributed by atoms with Crippen molar-refractivity contribution in [1.82, 2.24) is 14.8 Å². The number of nitrogens with zero attached hydrogens (tertiary/aromatic N) is 3. The second kappa shape index (κ2) is 6.73. The Balaban J connectivity index is 2.11. The number of para-hydroxylation sites is 1. The number of aromatic nitrogens is 3. The summed E-state index contributed by atoms with van der Waals surface area (Å²) in [5, 5.41) is 9.16. The summed E-state index contributed by atoms with van der Waals surface area (Å²) >= 11 is 3.28. The first kappa shape index (κ1) is 16.6. The van der Waals surface area contributed by atoms with E-state index in [1.54, 1.807) is 4.68 Å². The fraction of sp³-hybridized carbons (Fsp3) is 0.278. The maximum Gasteiger partial charge on any atom is 0.226 e. The highest BCUT2D eigenvalue weighted by molar-refractivity contribution is 9.09. The van der Waals surface area contributed by atoms with Gasteiger partial charge in [-0.2, -0.15) is 9.78 Å². The van der Waals surface area contributed by atoms with E-state index in [1.807, 2.05) is 38.1 Å². The van der Waals surface area contributed by atoms with Crippen molar-refractivity contribution in [2.75, 3.05) is 10.6 Å². The van der Waals surface area contributed by atoms with Crippen LogP contribution in [0.2, 0.25) is 0 Å². The van der Waals surface area contributed by atoms with Crippen LogP contribution in [0.15, 0.2) is 30.3 Å². The zero-order valence-electron chi connectivity index (χ0n) is 13.9. The summed E-state index contributed by atoms with van der Waals surface area (Å²) < 4.78 is 1.69. The van der Waals surface area contributed by atoms with Crippen LogP contribution >= 0.6 is 15.9 Å². The maximum atomic E-state index is 11.9. The predicted octanol–water partition coefficient (Wildman–Crippen LogP) is 4.07. The number of fused-ring (bicyclic) bond motifs is 1. The van der Waals surface area contributed by atoms with Crippen molar-refractivity contribution in [3.05, 3.63) is 47.2 Å². The van der Waals surface area contributed by atoms with Crippen molar-refractivity contribution in [2.45, 2.75) is 27.2 Å². The van der Waals surface area contributed by atoms with Gasteiger partial charge in [0.2, 0.25) is 5.91 Å². The first-order chi connectivity index (χ1) is 11.5. The molecule has 0 aliphatic carbocycles. The highest BCUT2D eigenvalue weighted by Crippen LogP contribution is 2.24. The molecule has 0 fully saturated rings. The third-order valence-corrected chi connectivity index (χ3v) is 4.27. The van der Waals surface area contributed by atoms with Crippen molar-refractivity contribution < 1.29 is 4.79 Å². The lowest BCUT2D eigenvalue weighted by atomic mass is 10.1. The van der Waals surface area contributed by atoms with E-state index in [4.69, 9.17) is 4.98 Å². The number of rotatable bonds is 4. The Kier molecular flexibility index (Phi) is 4.66. The number of alkyl halides is 1. The quantitative estimate of drug-likeness (QED) is 0.687. The Morgan fingerprint density at radius 3 is 2.75 bits per heavy atom. The lowest BCUT2D eigenvalue weighted by molar-refractivity contribution is -0.115. The average Bonchev–Trinajstić information content (AvgIpc) is 2.89.